The highest BCUT2D eigenvalue weighted by Crippen LogP contribution is 2.43. The van der Waals surface area contributed by atoms with Gasteiger partial charge in [0.05, 0.1) is 38.3 Å². The van der Waals surface area contributed by atoms with E-state index in [4.69, 9.17) is 19.2 Å². The number of hydrogen-bond acceptors (Lipinski definition) is 7. The summed E-state index contributed by atoms with van der Waals surface area (Å²) < 4.78 is 16.6. The number of aromatic nitrogens is 3. The van der Waals surface area contributed by atoms with Crippen molar-refractivity contribution in [2.24, 2.45) is 0 Å². The number of rotatable bonds is 6. The predicted octanol–water partition coefficient (Wildman–Crippen LogP) is 5.40. The Morgan fingerprint density at radius 2 is 1.92 bits per heavy atom. The van der Waals surface area contributed by atoms with Crippen molar-refractivity contribution < 1.29 is 24.1 Å². The molecule has 0 fully saturated rings. The van der Waals surface area contributed by atoms with E-state index in [-0.39, 0.29) is 12.4 Å². The van der Waals surface area contributed by atoms with Crippen molar-refractivity contribution in [1.82, 2.24) is 15.0 Å². The molecule has 38 heavy (non-hydrogen) atoms. The van der Waals surface area contributed by atoms with E-state index in [1.807, 2.05) is 55.6 Å². The second-order valence-electron chi connectivity index (χ2n) is 9.24. The van der Waals surface area contributed by atoms with Crippen LogP contribution < -0.4 is 14.2 Å². The molecule has 0 aliphatic carbocycles. The van der Waals surface area contributed by atoms with Crippen molar-refractivity contribution in [3.05, 3.63) is 71.5 Å². The lowest BCUT2D eigenvalue weighted by Crippen LogP contribution is -2.10. The topological polar surface area (TPSA) is 104 Å². The Hall–Kier alpha value is -4.72. The number of carboxylic acids is 1. The first-order valence-corrected chi connectivity index (χ1v) is 12.3. The fourth-order valence-electron chi connectivity index (χ4n) is 5.35. The molecule has 0 atom stereocenters. The van der Waals surface area contributed by atoms with Crippen LogP contribution in [0.15, 0.2) is 54.9 Å². The number of pyridine rings is 1. The Labute approximate surface area is 218 Å². The number of carboxylic acid groups (broad SMARTS) is 1. The van der Waals surface area contributed by atoms with Gasteiger partial charge in [0, 0.05) is 29.8 Å². The van der Waals surface area contributed by atoms with Crippen LogP contribution in [0.2, 0.25) is 0 Å². The highest BCUT2D eigenvalue weighted by Gasteiger charge is 2.22. The van der Waals surface area contributed by atoms with Gasteiger partial charge < -0.3 is 19.3 Å². The summed E-state index contributed by atoms with van der Waals surface area (Å²) in [6, 6.07) is 14.3. The molecule has 0 bridgehead atoms. The third kappa shape index (κ3) is 3.85. The first kappa shape index (κ1) is 23.7. The van der Waals surface area contributed by atoms with Gasteiger partial charge in [-0.3, -0.25) is 9.78 Å². The SMILES string of the molecule is COc1ncc(-c2ccc3c(-c4ccc5c6c(ccnc46)CCO5)c(CC(=O)O)c(C)cc3c2)c(OC)n1. The summed E-state index contributed by atoms with van der Waals surface area (Å²) in [5.41, 5.74) is 7.01. The van der Waals surface area contributed by atoms with Gasteiger partial charge in [0.2, 0.25) is 5.88 Å². The van der Waals surface area contributed by atoms with Crippen LogP contribution in [0.5, 0.6) is 17.6 Å². The zero-order valence-electron chi connectivity index (χ0n) is 21.2. The Balaban J connectivity index is 1.63. The molecule has 0 spiro atoms. The Morgan fingerprint density at radius 3 is 2.71 bits per heavy atom. The third-order valence-electron chi connectivity index (χ3n) is 7.06. The van der Waals surface area contributed by atoms with Crippen LogP contribution in [0.3, 0.4) is 0 Å². The molecule has 3 heterocycles. The van der Waals surface area contributed by atoms with Crippen molar-refractivity contribution >= 4 is 27.6 Å². The van der Waals surface area contributed by atoms with E-state index < -0.39 is 5.97 Å². The number of nitrogens with zero attached hydrogens (tertiary/aromatic N) is 3. The van der Waals surface area contributed by atoms with E-state index in [1.165, 1.54) is 12.7 Å². The standard InChI is InChI=1S/C30H25N3O5/c1-16-12-19-13-18(23-15-32-30(37-3)33-29(23)36-2)4-5-20(19)27(22(16)14-25(34)35)21-6-7-24-26-17(9-11-38-24)8-10-31-28(21)26/h4-8,10,12-13,15H,9,11,14H2,1-3H3,(H,34,35). The Bertz CT molecular complexity index is 1740. The molecule has 0 saturated heterocycles. The molecule has 0 saturated carbocycles. The molecule has 0 unspecified atom stereocenters. The average molecular weight is 508 g/mol. The molecule has 3 aromatic carbocycles. The third-order valence-corrected chi connectivity index (χ3v) is 7.06. The van der Waals surface area contributed by atoms with Gasteiger partial charge in [0.15, 0.2) is 0 Å². The van der Waals surface area contributed by atoms with Crippen molar-refractivity contribution in [2.75, 3.05) is 20.8 Å². The van der Waals surface area contributed by atoms with Gasteiger partial charge in [-0.1, -0.05) is 18.2 Å². The maximum atomic E-state index is 12.0. The van der Waals surface area contributed by atoms with Gasteiger partial charge in [0.25, 0.3) is 0 Å². The lowest BCUT2D eigenvalue weighted by Gasteiger charge is -2.22. The molecule has 2 aromatic heterocycles. The number of benzene rings is 3. The van der Waals surface area contributed by atoms with Crippen molar-refractivity contribution in [3.63, 3.8) is 0 Å². The number of aryl methyl sites for hydroxylation is 1. The normalized spacial score (nSPS) is 12.4. The van der Waals surface area contributed by atoms with Crippen molar-refractivity contribution in [2.45, 2.75) is 19.8 Å². The molecule has 8 heteroatoms. The summed E-state index contributed by atoms with van der Waals surface area (Å²) >= 11 is 0. The average Bonchev–Trinajstić information content (AvgIpc) is 2.93. The monoisotopic (exact) mass is 507 g/mol. The summed E-state index contributed by atoms with van der Waals surface area (Å²) in [5, 5.41) is 12.7. The quantitative estimate of drug-likeness (QED) is 0.326. The summed E-state index contributed by atoms with van der Waals surface area (Å²) in [6.45, 7) is 2.58. The van der Waals surface area contributed by atoms with Gasteiger partial charge in [-0.15, -0.1) is 0 Å². The van der Waals surface area contributed by atoms with Gasteiger partial charge in [0.1, 0.15) is 5.75 Å². The minimum Gasteiger partial charge on any atom is -0.493 e. The van der Waals surface area contributed by atoms with Crippen LogP contribution in [-0.4, -0.2) is 46.9 Å². The number of aliphatic carboxylic acids is 1. The maximum absolute atomic E-state index is 12.0. The summed E-state index contributed by atoms with van der Waals surface area (Å²) in [5.74, 6) is 0.330. The summed E-state index contributed by atoms with van der Waals surface area (Å²) in [7, 11) is 3.06. The Kier molecular flexibility index (Phi) is 5.79. The van der Waals surface area contributed by atoms with E-state index in [9.17, 15) is 9.90 Å². The highest BCUT2D eigenvalue weighted by molar-refractivity contribution is 6.09. The zero-order chi connectivity index (χ0) is 26.4. The number of carbonyl (C=O) groups is 1. The number of fused-ring (bicyclic) bond motifs is 1. The molecule has 190 valence electrons. The van der Waals surface area contributed by atoms with Crippen LogP contribution in [0, 0.1) is 6.92 Å². The molecule has 8 nitrogen and oxygen atoms in total. The van der Waals surface area contributed by atoms with E-state index in [2.05, 4.69) is 9.97 Å². The number of hydrogen-bond donors (Lipinski definition) is 1. The second-order valence-corrected chi connectivity index (χ2v) is 9.24. The van der Waals surface area contributed by atoms with Gasteiger partial charge in [-0.2, -0.15) is 4.98 Å². The van der Waals surface area contributed by atoms with Crippen LogP contribution in [0.1, 0.15) is 16.7 Å². The highest BCUT2D eigenvalue weighted by atomic mass is 16.5. The maximum Gasteiger partial charge on any atom is 0.319 e. The molecular formula is C30H25N3O5. The molecule has 1 N–H and O–H groups in total. The summed E-state index contributed by atoms with van der Waals surface area (Å²) in [6.07, 6.45) is 4.20. The van der Waals surface area contributed by atoms with E-state index in [0.29, 0.717) is 12.5 Å². The van der Waals surface area contributed by atoms with Crippen LogP contribution in [0.4, 0.5) is 0 Å². The van der Waals surface area contributed by atoms with Gasteiger partial charge >= 0.3 is 12.0 Å². The molecule has 5 aromatic rings. The van der Waals surface area contributed by atoms with E-state index in [1.54, 1.807) is 13.3 Å². The van der Waals surface area contributed by atoms with Crippen LogP contribution in [0.25, 0.3) is 43.9 Å². The fraction of sp³-hybridized carbons (Fsp3) is 0.200. The minimum absolute atomic E-state index is 0.0988. The molecule has 0 radical (unpaired) electrons. The zero-order valence-corrected chi connectivity index (χ0v) is 21.2. The van der Waals surface area contributed by atoms with Crippen molar-refractivity contribution in [3.8, 4) is 39.9 Å². The van der Waals surface area contributed by atoms with Crippen molar-refractivity contribution in [1.29, 1.82) is 0 Å². The molecule has 6 rings (SSSR count). The second kappa shape index (κ2) is 9.30. The Morgan fingerprint density at radius 1 is 1.05 bits per heavy atom. The van der Waals surface area contributed by atoms with Crippen LogP contribution in [-0.2, 0) is 17.6 Å². The molecule has 1 aliphatic rings. The van der Waals surface area contributed by atoms with Gasteiger partial charge in [-0.25, -0.2) is 4.98 Å². The smallest absolute Gasteiger partial charge is 0.319 e. The largest absolute Gasteiger partial charge is 0.493 e. The molecule has 1 aliphatic heterocycles. The van der Waals surface area contributed by atoms with Crippen LogP contribution >= 0.6 is 0 Å². The minimum atomic E-state index is -0.885. The van der Waals surface area contributed by atoms with Gasteiger partial charge in [-0.05, 0) is 69.8 Å². The number of ether oxygens (including phenoxy) is 3. The summed E-state index contributed by atoms with van der Waals surface area (Å²) in [4.78, 5) is 25.3. The first-order chi connectivity index (χ1) is 18.5. The number of methoxy groups -OCH3 is 2. The fourth-order valence-corrected chi connectivity index (χ4v) is 5.35. The predicted molar refractivity (Wildman–Crippen MR) is 144 cm³/mol. The van der Waals surface area contributed by atoms with E-state index in [0.717, 1.165) is 67.2 Å². The lowest BCUT2D eigenvalue weighted by molar-refractivity contribution is -0.136. The molecular weight excluding hydrogens is 482 g/mol. The first-order valence-electron chi connectivity index (χ1n) is 12.3. The molecule has 0 amide bonds. The van der Waals surface area contributed by atoms with E-state index >= 15 is 0 Å². The lowest BCUT2D eigenvalue weighted by atomic mass is 9.86.